The van der Waals surface area contributed by atoms with Crippen LogP contribution in [0.15, 0.2) is 33.6 Å². The highest BCUT2D eigenvalue weighted by molar-refractivity contribution is 7.08. The number of fused-ring (bicyclic) bond motifs is 1. The first-order valence-electron chi connectivity index (χ1n) is 4.77. The van der Waals surface area contributed by atoms with E-state index < -0.39 is 0 Å². The summed E-state index contributed by atoms with van der Waals surface area (Å²) >= 11 is 1.73. The average molecular weight is 205 g/mol. The molecule has 0 saturated carbocycles. The Hall–Kier alpha value is -1.06. The second-order valence-electron chi connectivity index (χ2n) is 3.50. The van der Waals surface area contributed by atoms with Crippen LogP contribution in [0, 0.1) is 0 Å². The van der Waals surface area contributed by atoms with E-state index in [4.69, 9.17) is 4.42 Å². The summed E-state index contributed by atoms with van der Waals surface area (Å²) in [6, 6.07) is 4.50. The fourth-order valence-corrected chi connectivity index (χ4v) is 2.65. The maximum absolute atomic E-state index is 5.53. The maximum Gasteiger partial charge on any atom is 0.128 e. The van der Waals surface area contributed by atoms with Crippen LogP contribution in [0.25, 0.3) is 0 Å². The molecule has 0 fully saturated rings. The Kier molecular flexibility index (Phi) is 1.92. The molecule has 1 unspecified atom stereocenters. The van der Waals surface area contributed by atoms with Crippen molar-refractivity contribution >= 4 is 11.3 Å². The molecule has 0 saturated heterocycles. The van der Waals surface area contributed by atoms with Gasteiger partial charge in [-0.15, -0.1) is 0 Å². The lowest BCUT2D eigenvalue weighted by Gasteiger charge is -2.21. The minimum absolute atomic E-state index is 0.264. The Morgan fingerprint density at radius 3 is 3.29 bits per heavy atom. The second-order valence-corrected chi connectivity index (χ2v) is 4.28. The van der Waals surface area contributed by atoms with E-state index in [2.05, 4.69) is 28.2 Å². The molecule has 0 bridgehead atoms. The minimum Gasteiger partial charge on any atom is -0.467 e. The summed E-state index contributed by atoms with van der Waals surface area (Å²) in [6.45, 7) is 1.03. The molecule has 0 aromatic carbocycles. The predicted molar refractivity (Wildman–Crippen MR) is 56.6 cm³/mol. The molecule has 1 aliphatic heterocycles. The highest BCUT2D eigenvalue weighted by Crippen LogP contribution is 2.30. The summed E-state index contributed by atoms with van der Waals surface area (Å²) in [4.78, 5) is 0. The lowest BCUT2D eigenvalue weighted by Crippen LogP contribution is -2.29. The van der Waals surface area contributed by atoms with Gasteiger partial charge < -0.3 is 9.73 Å². The Balaban J connectivity index is 2.04. The second kappa shape index (κ2) is 3.26. The van der Waals surface area contributed by atoms with Gasteiger partial charge in [0, 0.05) is 6.54 Å². The fourth-order valence-electron chi connectivity index (χ4n) is 1.96. The quantitative estimate of drug-likeness (QED) is 0.774. The van der Waals surface area contributed by atoms with Crippen LogP contribution in [0.4, 0.5) is 0 Å². The first-order valence-corrected chi connectivity index (χ1v) is 5.71. The van der Waals surface area contributed by atoms with Crippen molar-refractivity contribution in [3.63, 3.8) is 0 Å². The zero-order valence-electron chi connectivity index (χ0n) is 7.69. The van der Waals surface area contributed by atoms with E-state index in [9.17, 15) is 0 Å². The van der Waals surface area contributed by atoms with Crippen LogP contribution in [0.1, 0.15) is 22.9 Å². The van der Waals surface area contributed by atoms with Crippen LogP contribution in [0.3, 0.4) is 0 Å². The van der Waals surface area contributed by atoms with Crippen molar-refractivity contribution in [2.45, 2.75) is 12.5 Å². The van der Waals surface area contributed by atoms with Crippen molar-refractivity contribution in [1.29, 1.82) is 0 Å². The summed E-state index contributed by atoms with van der Waals surface area (Å²) in [5.74, 6) is 1.09. The topological polar surface area (TPSA) is 25.2 Å². The van der Waals surface area contributed by atoms with Crippen molar-refractivity contribution in [2.75, 3.05) is 6.54 Å². The van der Waals surface area contributed by atoms with Crippen molar-refractivity contribution < 1.29 is 4.42 Å². The molecular formula is C11H11NOS. The number of nitrogens with one attached hydrogen (secondary N) is 1. The van der Waals surface area contributed by atoms with Crippen molar-refractivity contribution in [1.82, 2.24) is 5.32 Å². The molecule has 2 aromatic rings. The smallest absolute Gasteiger partial charge is 0.128 e. The van der Waals surface area contributed by atoms with Gasteiger partial charge in [0.1, 0.15) is 5.76 Å². The van der Waals surface area contributed by atoms with E-state index in [-0.39, 0.29) is 6.04 Å². The lowest BCUT2D eigenvalue weighted by molar-refractivity contribution is 0.425. The van der Waals surface area contributed by atoms with E-state index in [0.717, 1.165) is 18.7 Å². The molecule has 3 heterocycles. The van der Waals surface area contributed by atoms with Crippen molar-refractivity contribution in [3.8, 4) is 0 Å². The van der Waals surface area contributed by atoms with E-state index >= 15 is 0 Å². The summed E-state index contributed by atoms with van der Waals surface area (Å²) in [6.07, 6.45) is 2.86. The van der Waals surface area contributed by atoms with Crippen molar-refractivity contribution in [2.24, 2.45) is 0 Å². The Morgan fingerprint density at radius 1 is 1.43 bits per heavy atom. The molecule has 3 rings (SSSR count). The zero-order valence-corrected chi connectivity index (χ0v) is 8.51. The van der Waals surface area contributed by atoms with Gasteiger partial charge in [0.15, 0.2) is 0 Å². The zero-order chi connectivity index (χ0) is 9.38. The standard InChI is InChI=1S/C11H11NOS/c1-4-12-10(9-3-6-14-7-9)11-8(1)2-5-13-11/h2-3,5-7,10,12H,1,4H2. The molecule has 1 N–H and O–H groups in total. The van der Waals surface area contributed by atoms with Gasteiger partial charge >= 0.3 is 0 Å². The largest absolute Gasteiger partial charge is 0.467 e. The molecule has 2 nitrogen and oxygen atoms in total. The number of hydrogen-bond acceptors (Lipinski definition) is 3. The van der Waals surface area contributed by atoms with E-state index in [1.165, 1.54) is 11.1 Å². The molecule has 0 aliphatic carbocycles. The minimum atomic E-state index is 0.264. The highest BCUT2D eigenvalue weighted by Gasteiger charge is 2.24. The highest BCUT2D eigenvalue weighted by atomic mass is 32.1. The Bertz CT molecular complexity index is 418. The normalized spacial score (nSPS) is 20.7. The van der Waals surface area contributed by atoms with Crippen LogP contribution in [0.5, 0.6) is 0 Å². The summed E-state index contributed by atoms with van der Waals surface area (Å²) in [5.41, 5.74) is 2.66. The van der Waals surface area contributed by atoms with Crippen molar-refractivity contribution in [3.05, 3.63) is 46.0 Å². The SMILES string of the molecule is c1cc2c(o1)C(c1ccsc1)NCC2. The van der Waals surface area contributed by atoms with E-state index in [1.54, 1.807) is 17.6 Å². The van der Waals surface area contributed by atoms with Crippen LogP contribution in [-0.4, -0.2) is 6.54 Å². The molecule has 0 radical (unpaired) electrons. The van der Waals surface area contributed by atoms with Gasteiger partial charge in [-0.1, -0.05) is 0 Å². The summed E-state index contributed by atoms with van der Waals surface area (Å²) < 4.78 is 5.53. The van der Waals surface area contributed by atoms with Gasteiger partial charge in [0.25, 0.3) is 0 Å². The van der Waals surface area contributed by atoms with Gasteiger partial charge in [0.05, 0.1) is 12.3 Å². The predicted octanol–water partition coefficient (Wildman–Crippen LogP) is 2.58. The Labute approximate surface area is 86.6 Å². The maximum atomic E-state index is 5.53. The molecule has 2 aromatic heterocycles. The van der Waals surface area contributed by atoms with E-state index in [0.29, 0.717) is 0 Å². The molecule has 72 valence electrons. The lowest BCUT2D eigenvalue weighted by atomic mass is 9.99. The summed E-state index contributed by atoms with van der Waals surface area (Å²) in [5, 5.41) is 7.76. The molecule has 3 heteroatoms. The van der Waals surface area contributed by atoms with Crippen LogP contribution in [-0.2, 0) is 6.42 Å². The van der Waals surface area contributed by atoms with Crippen LogP contribution < -0.4 is 5.32 Å². The number of thiophene rings is 1. The molecule has 1 atom stereocenters. The van der Waals surface area contributed by atoms with Gasteiger partial charge in [-0.2, -0.15) is 11.3 Å². The van der Waals surface area contributed by atoms with Gasteiger partial charge in [0.2, 0.25) is 0 Å². The average Bonchev–Trinajstić information content (AvgIpc) is 2.88. The molecular weight excluding hydrogens is 194 g/mol. The van der Waals surface area contributed by atoms with Crippen LogP contribution >= 0.6 is 11.3 Å². The number of furan rings is 1. The van der Waals surface area contributed by atoms with Crippen LogP contribution in [0.2, 0.25) is 0 Å². The first-order chi connectivity index (χ1) is 6.95. The Morgan fingerprint density at radius 2 is 2.43 bits per heavy atom. The van der Waals surface area contributed by atoms with Gasteiger partial charge in [-0.25, -0.2) is 0 Å². The third kappa shape index (κ3) is 1.21. The third-order valence-corrected chi connectivity index (χ3v) is 3.36. The molecule has 1 aliphatic rings. The molecule has 0 spiro atoms. The van der Waals surface area contributed by atoms with Gasteiger partial charge in [-0.05, 0) is 40.4 Å². The molecule has 14 heavy (non-hydrogen) atoms. The monoisotopic (exact) mass is 205 g/mol. The fraction of sp³-hybridized carbons (Fsp3) is 0.273. The number of hydrogen-bond donors (Lipinski definition) is 1. The molecule has 0 amide bonds. The number of rotatable bonds is 1. The van der Waals surface area contributed by atoms with Gasteiger partial charge in [-0.3, -0.25) is 0 Å². The summed E-state index contributed by atoms with van der Waals surface area (Å²) in [7, 11) is 0. The third-order valence-electron chi connectivity index (χ3n) is 2.66. The first kappa shape index (κ1) is 8.26. The van der Waals surface area contributed by atoms with E-state index in [1.807, 2.05) is 0 Å².